The lowest BCUT2D eigenvalue weighted by Gasteiger charge is -2.32. The zero-order valence-corrected chi connectivity index (χ0v) is 18.3. The van der Waals surface area contributed by atoms with Gasteiger partial charge in [-0.3, -0.25) is 9.52 Å². The van der Waals surface area contributed by atoms with Gasteiger partial charge in [0.05, 0.1) is 10.6 Å². The number of sulfonamides is 1. The Balaban J connectivity index is 1.64. The highest BCUT2D eigenvalue weighted by Crippen LogP contribution is 2.38. The van der Waals surface area contributed by atoms with Crippen LogP contribution in [0, 0.1) is 26.7 Å². The van der Waals surface area contributed by atoms with E-state index in [0.29, 0.717) is 12.1 Å². The second kappa shape index (κ2) is 7.17. The van der Waals surface area contributed by atoms with Crippen molar-refractivity contribution in [3.8, 4) is 0 Å². The topological polar surface area (TPSA) is 66.5 Å². The van der Waals surface area contributed by atoms with Gasteiger partial charge >= 0.3 is 0 Å². The molecule has 0 saturated heterocycles. The SMILES string of the molecule is Cc1cc(C)c(NS(=O)(=O)c2ccc3c(c2)C[C@@H](C)N3C(=O)C2CCC2)c(C)c1. The Morgan fingerprint density at radius 3 is 2.31 bits per heavy atom. The van der Waals surface area contributed by atoms with Crippen LogP contribution in [0.2, 0.25) is 0 Å². The number of aryl methyl sites for hydroxylation is 3. The van der Waals surface area contributed by atoms with Gasteiger partial charge in [0.25, 0.3) is 10.0 Å². The highest BCUT2D eigenvalue weighted by molar-refractivity contribution is 7.92. The average molecular weight is 413 g/mol. The van der Waals surface area contributed by atoms with Crippen LogP contribution in [0.3, 0.4) is 0 Å². The fourth-order valence-electron chi connectivity index (χ4n) is 4.50. The Bertz CT molecular complexity index is 1060. The number of hydrogen-bond acceptors (Lipinski definition) is 3. The third kappa shape index (κ3) is 3.54. The Kier molecular flexibility index (Phi) is 4.93. The van der Waals surface area contributed by atoms with Crippen LogP contribution in [-0.4, -0.2) is 20.4 Å². The zero-order valence-electron chi connectivity index (χ0n) is 17.5. The molecule has 1 atom stereocenters. The average Bonchev–Trinajstić information content (AvgIpc) is 2.91. The molecule has 154 valence electrons. The largest absolute Gasteiger partial charge is 0.309 e. The third-order valence-electron chi connectivity index (χ3n) is 6.18. The molecule has 0 aromatic heterocycles. The first-order valence-electron chi connectivity index (χ1n) is 10.2. The van der Waals surface area contributed by atoms with Gasteiger partial charge < -0.3 is 4.90 Å². The van der Waals surface area contributed by atoms with Gasteiger partial charge in [-0.2, -0.15) is 0 Å². The maximum absolute atomic E-state index is 13.1. The van der Waals surface area contributed by atoms with Crippen molar-refractivity contribution in [2.24, 2.45) is 5.92 Å². The van der Waals surface area contributed by atoms with E-state index in [4.69, 9.17) is 0 Å². The van der Waals surface area contributed by atoms with Crippen LogP contribution in [0.4, 0.5) is 11.4 Å². The summed E-state index contributed by atoms with van der Waals surface area (Å²) in [6.07, 6.45) is 3.72. The lowest BCUT2D eigenvalue weighted by atomic mass is 9.84. The summed E-state index contributed by atoms with van der Waals surface area (Å²) < 4.78 is 28.9. The molecule has 29 heavy (non-hydrogen) atoms. The number of benzene rings is 2. The maximum Gasteiger partial charge on any atom is 0.261 e. The number of fused-ring (bicyclic) bond motifs is 1. The molecule has 0 spiro atoms. The summed E-state index contributed by atoms with van der Waals surface area (Å²) in [4.78, 5) is 14.9. The van der Waals surface area contributed by atoms with Crippen LogP contribution < -0.4 is 9.62 Å². The monoisotopic (exact) mass is 412 g/mol. The Hall–Kier alpha value is -2.34. The standard InChI is InChI=1S/C23H28N2O3S/c1-14-10-15(2)22(16(3)11-14)24-29(27,28)20-8-9-21-19(13-20)12-17(4)25(21)23(26)18-6-5-7-18/h8-11,13,17-18,24H,5-7,12H2,1-4H3/t17-/m1/s1. The molecular weight excluding hydrogens is 384 g/mol. The molecule has 1 saturated carbocycles. The normalized spacial score (nSPS) is 19.0. The second-order valence-corrected chi connectivity index (χ2v) is 10.2. The predicted octanol–water partition coefficient (Wildman–Crippen LogP) is 4.49. The molecule has 5 nitrogen and oxygen atoms in total. The minimum absolute atomic E-state index is 0.0607. The van der Waals surface area contributed by atoms with Gasteiger partial charge in [-0.1, -0.05) is 24.1 Å². The van der Waals surface area contributed by atoms with E-state index in [1.807, 2.05) is 44.7 Å². The number of hydrogen-bond donors (Lipinski definition) is 1. The van der Waals surface area contributed by atoms with E-state index in [1.165, 1.54) is 0 Å². The van der Waals surface area contributed by atoms with E-state index in [2.05, 4.69) is 4.72 Å². The number of nitrogens with one attached hydrogen (secondary N) is 1. The summed E-state index contributed by atoms with van der Waals surface area (Å²) in [5.74, 6) is 0.308. The molecule has 1 aliphatic carbocycles. The van der Waals surface area contributed by atoms with Crippen LogP contribution in [0.1, 0.15) is 48.4 Å². The van der Waals surface area contributed by atoms with Gasteiger partial charge in [0.2, 0.25) is 5.91 Å². The summed E-state index contributed by atoms with van der Waals surface area (Å²) >= 11 is 0. The first-order valence-corrected chi connectivity index (χ1v) is 11.7. The molecule has 2 aliphatic rings. The van der Waals surface area contributed by atoms with Gasteiger partial charge in [0, 0.05) is 17.6 Å². The van der Waals surface area contributed by atoms with Crippen molar-refractivity contribution in [2.45, 2.75) is 64.3 Å². The molecule has 1 heterocycles. The zero-order chi connectivity index (χ0) is 20.9. The lowest BCUT2D eigenvalue weighted by molar-refractivity contribution is -0.125. The Morgan fingerprint density at radius 2 is 1.72 bits per heavy atom. The fourth-order valence-corrected chi connectivity index (χ4v) is 5.75. The predicted molar refractivity (Wildman–Crippen MR) is 116 cm³/mol. The molecule has 1 fully saturated rings. The van der Waals surface area contributed by atoms with E-state index in [0.717, 1.165) is 47.2 Å². The van der Waals surface area contributed by atoms with Gasteiger partial charge in [0.1, 0.15) is 0 Å². The van der Waals surface area contributed by atoms with Gasteiger partial charge in [-0.25, -0.2) is 8.42 Å². The quantitative estimate of drug-likeness (QED) is 0.805. The third-order valence-corrected chi connectivity index (χ3v) is 7.53. The first-order chi connectivity index (χ1) is 13.7. The van der Waals surface area contributed by atoms with Crippen molar-refractivity contribution in [3.63, 3.8) is 0 Å². The number of rotatable bonds is 4. The van der Waals surface area contributed by atoms with Crippen LogP contribution in [0.15, 0.2) is 35.2 Å². The Morgan fingerprint density at radius 1 is 1.07 bits per heavy atom. The highest BCUT2D eigenvalue weighted by atomic mass is 32.2. The minimum atomic E-state index is -3.71. The van der Waals surface area contributed by atoms with Crippen molar-refractivity contribution in [2.75, 3.05) is 9.62 Å². The first kappa shape index (κ1) is 20.0. The molecule has 0 bridgehead atoms. The van der Waals surface area contributed by atoms with Crippen molar-refractivity contribution < 1.29 is 13.2 Å². The maximum atomic E-state index is 13.1. The van der Waals surface area contributed by atoms with E-state index >= 15 is 0 Å². The molecule has 1 aliphatic heterocycles. The molecule has 0 radical (unpaired) electrons. The molecule has 1 amide bonds. The fraction of sp³-hybridized carbons (Fsp3) is 0.435. The summed E-state index contributed by atoms with van der Waals surface area (Å²) in [6.45, 7) is 7.84. The second-order valence-electron chi connectivity index (χ2n) is 8.56. The van der Waals surface area contributed by atoms with E-state index in [9.17, 15) is 13.2 Å². The van der Waals surface area contributed by atoms with E-state index < -0.39 is 10.0 Å². The van der Waals surface area contributed by atoms with E-state index in [-0.39, 0.29) is 22.8 Å². The number of carbonyl (C=O) groups is 1. The van der Waals surface area contributed by atoms with Crippen molar-refractivity contribution >= 4 is 27.3 Å². The van der Waals surface area contributed by atoms with Crippen molar-refractivity contribution in [3.05, 3.63) is 52.6 Å². The minimum Gasteiger partial charge on any atom is -0.309 e. The van der Waals surface area contributed by atoms with Crippen LogP contribution in [-0.2, 0) is 21.2 Å². The molecule has 2 aromatic carbocycles. The number of carbonyl (C=O) groups excluding carboxylic acids is 1. The van der Waals surface area contributed by atoms with Crippen molar-refractivity contribution in [1.82, 2.24) is 0 Å². The summed E-state index contributed by atoms with van der Waals surface area (Å²) in [5.41, 5.74) is 5.31. The molecule has 6 heteroatoms. The van der Waals surface area contributed by atoms with Gasteiger partial charge in [-0.05, 0) is 81.8 Å². The molecular formula is C23H28N2O3S. The number of anilines is 2. The molecule has 4 rings (SSSR count). The van der Waals surface area contributed by atoms with E-state index in [1.54, 1.807) is 18.2 Å². The number of nitrogens with zero attached hydrogens (tertiary/aromatic N) is 1. The van der Waals surface area contributed by atoms with Gasteiger partial charge in [0.15, 0.2) is 0 Å². The summed E-state index contributed by atoms with van der Waals surface area (Å²) in [6, 6.07) is 9.13. The molecule has 0 unspecified atom stereocenters. The smallest absolute Gasteiger partial charge is 0.261 e. The number of amides is 1. The van der Waals surface area contributed by atoms with Crippen molar-refractivity contribution in [1.29, 1.82) is 0 Å². The van der Waals surface area contributed by atoms with Crippen LogP contribution >= 0.6 is 0 Å². The van der Waals surface area contributed by atoms with Gasteiger partial charge in [-0.15, -0.1) is 0 Å². The lowest BCUT2D eigenvalue weighted by Crippen LogP contribution is -2.42. The molecule has 2 aromatic rings. The summed E-state index contributed by atoms with van der Waals surface area (Å²) in [5, 5.41) is 0. The summed E-state index contributed by atoms with van der Waals surface area (Å²) in [7, 11) is -3.71. The van der Waals surface area contributed by atoms with Crippen LogP contribution in [0.5, 0.6) is 0 Å². The Labute approximate surface area is 173 Å². The highest BCUT2D eigenvalue weighted by Gasteiger charge is 2.37. The molecule has 1 N–H and O–H groups in total. The van der Waals surface area contributed by atoms with Crippen LogP contribution in [0.25, 0.3) is 0 Å².